The first-order chi connectivity index (χ1) is 7.70. The molecular formula is C13H22N2O. The highest BCUT2D eigenvalue weighted by atomic mass is 16.2. The molecule has 0 spiro atoms. The smallest absolute Gasteiger partial charge is 0.240 e. The molecule has 0 aromatic carbocycles. The van der Waals surface area contributed by atoms with Crippen LogP contribution >= 0.6 is 0 Å². The van der Waals surface area contributed by atoms with Crippen molar-refractivity contribution in [2.45, 2.75) is 57.5 Å². The van der Waals surface area contributed by atoms with Gasteiger partial charge in [0.25, 0.3) is 0 Å². The lowest BCUT2D eigenvalue weighted by Gasteiger charge is -2.34. The van der Waals surface area contributed by atoms with E-state index in [1.807, 2.05) is 11.8 Å². The summed E-state index contributed by atoms with van der Waals surface area (Å²) in [7, 11) is 0. The molecule has 0 heterocycles. The maximum Gasteiger partial charge on any atom is 0.240 e. The van der Waals surface area contributed by atoms with Crippen LogP contribution < -0.4 is 5.73 Å². The summed E-state index contributed by atoms with van der Waals surface area (Å²) in [6.07, 6.45) is 11.5. The number of carbonyl (C=O) groups excluding carboxylic acids is 1. The van der Waals surface area contributed by atoms with Crippen molar-refractivity contribution < 1.29 is 4.79 Å². The van der Waals surface area contributed by atoms with Crippen LogP contribution in [0.2, 0.25) is 0 Å². The molecule has 1 rings (SSSR count). The van der Waals surface area contributed by atoms with Gasteiger partial charge in [0, 0.05) is 19.0 Å². The summed E-state index contributed by atoms with van der Waals surface area (Å²) < 4.78 is 0. The molecule has 90 valence electrons. The molecule has 3 heteroatoms. The Kier molecular flexibility index (Phi) is 5.34. The summed E-state index contributed by atoms with van der Waals surface area (Å²) in [5.74, 6) is 2.48. The quantitative estimate of drug-likeness (QED) is 0.733. The predicted molar refractivity (Wildman–Crippen MR) is 65.7 cm³/mol. The van der Waals surface area contributed by atoms with E-state index in [2.05, 4.69) is 5.92 Å². The van der Waals surface area contributed by atoms with Crippen LogP contribution in [0.1, 0.15) is 45.4 Å². The summed E-state index contributed by atoms with van der Waals surface area (Å²) in [5, 5.41) is 0. The highest BCUT2D eigenvalue weighted by Crippen LogP contribution is 2.22. The van der Waals surface area contributed by atoms with Gasteiger partial charge in [-0.2, -0.15) is 0 Å². The third-order valence-corrected chi connectivity index (χ3v) is 3.29. The van der Waals surface area contributed by atoms with E-state index in [-0.39, 0.29) is 5.91 Å². The minimum atomic E-state index is -0.521. The van der Waals surface area contributed by atoms with Crippen LogP contribution in [0.4, 0.5) is 0 Å². The molecule has 1 aliphatic rings. The van der Waals surface area contributed by atoms with Gasteiger partial charge in [-0.1, -0.05) is 19.3 Å². The Morgan fingerprint density at radius 2 is 2.12 bits per heavy atom. The van der Waals surface area contributed by atoms with E-state index in [0.717, 1.165) is 19.4 Å². The van der Waals surface area contributed by atoms with Gasteiger partial charge in [-0.15, -0.1) is 12.3 Å². The Morgan fingerprint density at radius 1 is 1.50 bits per heavy atom. The van der Waals surface area contributed by atoms with Crippen molar-refractivity contribution >= 4 is 5.91 Å². The number of nitrogens with two attached hydrogens (primary N) is 1. The van der Waals surface area contributed by atoms with E-state index in [0.29, 0.717) is 12.5 Å². The minimum absolute atomic E-state index is 0.0207. The van der Waals surface area contributed by atoms with Crippen molar-refractivity contribution in [3.05, 3.63) is 0 Å². The summed E-state index contributed by atoms with van der Waals surface area (Å²) in [4.78, 5) is 14.0. The number of rotatable bonds is 4. The Morgan fingerprint density at radius 3 is 2.62 bits per heavy atom. The lowest BCUT2D eigenvalue weighted by Crippen LogP contribution is -2.49. The molecule has 0 radical (unpaired) electrons. The highest BCUT2D eigenvalue weighted by Gasteiger charge is 2.27. The lowest BCUT2D eigenvalue weighted by atomic mass is 9.93. The molecule has 0 aromatic rings. The molecule has 1 aliphatic carbocycles. The van der Waals surface area contributed by atoms with E-state index in [1.165, 1.54) is 19.3 Å². The molecule has 1 amide bonds. The molecule has 1 fully saturated rings. The molecule has 0 aliphatic heterocycles. The standard InChI is InChI=1S/C13H22N2O/c1-3-8-12(14)13(16)15(4-2)11-9-6-5-7-10-11/h1,11-12H,4-10,14H2,2H3. The highest BCUT2D eigenvalue weighted by molar-refractivity contribution is 5.82. The molecule has 0 saturated heterocycles. The normalized spacial score (nSPS) is 18.8. The van der Waals surface area contributed by atoms with Crippen LogP contribution in [-0.4, -0.2) is 29.4 Å². The summed E-state index contributed by atoms with van der Waals surface area (Å²) >= 11 is 0. The van der Waals surface area contributed by atoms with Crippen molar-refractivity contribution in [3.8, 4) is 12.3 Å². The van der Waals surface area contributed by atoms with E-state index >= 15 is 0 Å². The number of nitrogens with zero attached hydrogens (tertiary/aromatic N) is 1. The van der Waals surface area contributed by atoms with E-state index in [9.17, 15) is 4.79 Å². The number of hydrogen-bond donors (Lipinski definition) is 1. The molecule has 2 N–H and O–H groups in total. The zero-order chi connectivity index (χ0) is 12.0. The van der Waals surface area contributed by atoms with Crippen LogP contribution in [0.3, 0.4) is 0 Å². The van der Waals surface area contributed by atoms with Gasteiger partial charge in [-0.3, -0.25) is 4.79 Å². The second-order valence-corrected chi connectivity index (χ2v) is 4.43. The number of carbonyl (C=O) groups is 1. The third kappa shape index (κ3) is 3.24. The van der Waals surface area contributed by atoms with Gasteiger partial charge >= 0.3 is 0 Å². The lowest BCUT2D eigenvalue weighted by molar-refractivity contribution is -0.135. The molecule has 16 heavy (non-hydrogen) atoms. The van der Waals surface area contributed by atoms with Crippen LogP contribution in [0.5, 0.6) is 0 Å². The topological polar surface area (TPSA) is 46.3 Å². The summed E-state index contributed by atoms with van der Waals surface area (Å²) in [6, 6.07) is -0.137. The van der Waals surface area contributed by atoms with Gasteiger partial charge in [0.05, 0.1) is 6.04 Å². The number of likely N-dealkylation sites (N-methyl/N-ethyl adjacent to an activating group) is 1. The van der Waals surface area contributed by atoms with Crippen molar-refractivity contribution in [1.29, 1.82) is 0 Å². The van der Waals surface area contributed by atoms with Gasteiger partial charge < -0.3 is 10.6 Å². The first-order valence-electron chi connectivity index (χ1n) is 6.20. The second kappa shape index (κ2) is 6.55. The van der Waals surface area contributed by atoms with Gasteiger partial charge in [-0.05, 0) is 19.8 Å². The van der Waals surface area contributed by atoms with Crippen LogP contribution in [0, 0.1) is 12.3 Å². The number of hydrogen-bond acceptors (Lipinski definition) is 2. The fourth-order valence-corrected chi connectivity index (χ4v) is 2.41. The molecule has 1 unspecified atom stereocenters. The van der Waals surface area contributed by atoms with Gasteiger partial charge in [-0.25, -0.2) is 0 Å². The molecule has 0 aromatic heterocycles. The largest absolute Gasteiger partial charge is 0.339 e. The summed E-state index contributed by atoms with van der Waals surface area (Å²) in [5.41, 5.74) is 5.78. The van der Waals surface area contributed by atoms with Crippen molar-refractivity contribution in [2.24, 2.45) is 5.73 Å². The van der Waals surface area contributed by atoms with Crippen molar-refractivity contribution in [2.75, 3.05) is 6.54 Å². The van der Waals surface area contributed by atoms with E-state index in [4.69, 9.17) is 12.2 Å². The molecule has 0 bridgehead atoms. The Bertz CT molecular complexity index is 264. The molecule has 3 nitrogen and oxygen atoms in total. The van der Waals surface area contributed by atoms with Crippen LogP contribution in [-0.2, 0) is 4.79 Å². The fraction of sp³-hybridized carbons (Fsp3) is 0.769. The van der Waals surface area contributed by atoms with Crippen LogP contribution in [0.15, 0.2) is 0 Å². The van der Waals surface area contributed by atoms with Crippen molar-refractivity contribution in [3.63, 3.8) is 0 Å². The number of amides is 1. The minimum Gasteiger partial charge on any atom is -0.339 e. The Balaban J connectivity index is 2.58. The second-order valence-electron chi connectivity index (χ2n) is 4.43. The molecular weight excluding hydrogens is 200 g/mol. The van der Waals surface area contributed by atoms with E-state index in [1.54, 1.807) is 0 Å². The fourth-order valence-electron chi connectivity index (χ4n) is 2.41. The van der Waals surface area contributed by atoms with Gasteiger partial charge in [0.15, 0.2) is 0 Å². The van der Waals surface area contributed by atoms with Gasteiger partial charge in [0.1, 0.15) is 0 Å². The number of terminal acetylenes is 1. The first kappa shape index (κ1) is 13.1. The Hall–Kier alpha value is -1.01. The maximum atomic E-state index is 12.1. The predicted octanol–water partition coefficient (Wildman–Crippen LogP) is 1.52. The summed E-state index contributed by atoms with van der Waals surface area (Å²) in [6.45, 7) is 2.75. The SMILES string of the molecule is C#CCC(N)C(=O)N(CC)C1CCCCC1. The molecule has 1 saturated carbocycles. The third-order valence-electron chi connectivity index (χ3n) is 3.29. The maximum absolute atomic E-state index is 12.1. The Labute approximate surface area is 98.4 Å². The van der Waals surface area contributed by atoms with Gasteiger partial charge in [0.2, 0.25) is 5.91 Å². The van der Waals surface area contributed by atoms with Crippen molar-refractivity contribution in [1.82, 2.24) is 4.90 Å². The zero-order valence-electron chi connectivity index (χ0n) is 10.1. The van der Waals surface area contributed by atoms with E-state index < -0.39 is 6.04 Å². The average Bonchev–Trinajstić information content (AvgIpc) is 2.31. The monoisotopic (exact) mass is 222 g/mol. The van der Waals surface area contributed by atoms with Crippen LogP contribution in [0.25, 0.3) is 0 Å². The molecule has 1 atom stereocenters. The zero-order valence-corrected chi connectivity index (χ0v) is 10.1. The average molecular weight is 222 g/mol. The first-order valence-corrected chi connectivity index (χ1v) is 6.20.